The molecule has 0 aliphatic rings. The molecule has 0 fully saturated rings. The predicted octanol–water partition coefficient (Wildman–Crippen LogP) is 1.65. The first-order valence-corrected chi connectivity index (χ1v) is 4.68. The molecule has 1 rings (SSSR count). The zero-order chi connectivity index (χ0) is 11.3. The number of ether oxygens (including phenoxy) is 1. The monoisotopic (exact) mass is 211 g/mol. The molecular weight excluding hydrogens is 197 g/mol. The Balaban J connectivity index is 2.65. The van der Waals surface area contributed by atoms with Gasteiger partial charge >= 0.3 is 0 Å². The van der Waals surface area contributed by atoms with Crippen LogP contribution in [0.5, 0.6) is 0 Å². The van der Waals surface area contributed by atoms with Crippen molar-refractivity contribution in [3.05, 3.63) is 35.6 Å². The molecule has 1 atom stereocenters. The van der Waals surface area contributed by atoms with Crippen molar-refractivity contribution in [3.63, 3.8) is 0 Å². The molecule has 1 N–H and O–H groups in total. The zero-order valence-electron chi connectivity index (χ0n) is 8.79. The van der Waals surface area contributed by atoms with Gasteiger partial charge in [0, 0.05) is 12.7 Å². The number of carbonyl (C=O) groups is 1. The third-order valence-electron chi connectivity index (χ3n) is 2.02. The average Bonchev–Trinajstić information content (AvgIpc) is 2.18. The molecule has 0 spiro atoms. The Kier molecular flexibility index (Phi) is 4.24. The first-order valence-electron chi connectivity index (χ1n) is 4.68. The van der Waals surface area contributed by atoms with Crippen molar-refractivity contribution in [2.45, 2.75) is 13.0 Å². The van der Waals surface area contributed by atoms with Crippen molar-refractivity contribution in [3.8, 4) is 0 Å². The van der Waals surface area contributed by atoms with E-state index in [4.69, 9.17) is 0 Å². The lowest BCUT2D eigenvalue weighted by Crippen LogP contribution is -2.30. The van der Waals surface area contributed by atoms with E-state index in [9.17, 15) is 9.18 Å². The van der Waals surface area contributed by atoms with Crippen LogP contribution in [0, 0.1) is 5.82 Å². The summed E-state index contributed by atoms with van der Waals surface area (Å²) in [5.41, 5.74) is 0.474. The number of amides is 1. The molecule has 0 heterocycles. The van der Waals surface area contributed by atoms with Gasteiger partial charge in [-0.2, -0.15) is 0 Å². The van der Waals surface area contributed by atoms with Crippen LogP contribution in [0.4, 0.5) is 4.39 Å². The lowest BCUT2D eigenvalue weighted by molar-refractivity contribution is -0.125. The van der Waals surface area contributed by atoms with Crippen molar-refractivity contribution in [2.75, 3.05) is 13.7 Å². The smallest absolute Gasteiger partial charge is 0.246 e. The van der Waals surface area contributed by atoms with E-state index in [0.717, 1.165) is 0 Å². The molecule has 3 nitrogen and oxygen atoms in total. The second-order valence-electron chi connectivity index (χ2n) is 3.24. The van der Waals surface area contributed by atoms with E-state index in [-0.39, 0.29) is 24.4 Å². The highest BCUT2D eigenvalue weighted by Crippen LogP contribution is 2.15. The van der Waals surface area contributed by atoms with Crippen molar-refractivity contribution >= 4 is 5.91 Å². The SMILES string of the molecule is COCC(=O)NC(C)c1ccccc1F. The van der Waals surface area contributed by atoms with Gasteiger partial charge in [0.15, 0.2) is 0 Å². The summed E-state index contributed by atoms with van der Waals surface area (Å²) in [5.74, 6) is -0.573. The fourth-order valence-corrected chi connectivity index (χ4v) is 1.32. The van der Waals surface area contributed by atoms with Crippen molar-refractivity contribution < 1.29 is 13.9 Å². The van der Waals surface area contributed by atoms with Crippen LogP contribution in [-0.2, 0) is 9.53 Å². The van der Waals surface area contributed by atoms with E-state index in [2.05, 4.69) is 10.1 Å². The van der Waals surface area contributed by atoms with Crippen LogP contribution >= 0.6 is 0 Å². The molecular formula is C11H14FNO2. The number of nitrogens with one attached hydrogen (secondary N) is 1. The van der Waals surface area contributed by atoms with Crippen molar-refractivity contribution in [1.29, 1.82) is 0 Å². The van der Waals surface area contributed by atoms with Gasteiger partial charge in [0.25, 0.3) is 0 Å². The highest BCUT2D eigenvalue weighted by Gasteiger charge is 2.12. The largest absolute Gasteiger partial charge is 0.375 e. The highest BCUT2D eigenvalue weighted by molar-refractivity contribution is 5.77. The molecule has 1 aromatic carbocycles. The molecule has 0 aromatic heterocycles. The van der Waals surface area contributed by atoms with E-state index in [1.807, 2.05) is 0 Å². The molecule has 1 aromatic rings. The Morgan fingerprint density at radius 1 is 1.53 bits per heavy atom. The van der Waals surface area contributed by atoms with Gasteiger partial charge in [-0.15, -0.1) is 0 Å². The van der Waals surface area contributed by atoms with Crippen LogP contribution in [0.15, 0.2) is 24.3 Å². The maximum absolute atomic E-state index is 13.3. The minimum Gasteiger partial charge on any atom is -0.375 e. The maximum Gasteiger partial charge on any atom is 0.246 e. The average molecular weight is 211 g/mol. The Labute approximate surface area is 88.2 Å². The summed E-state index contributed by atoms with van der Waals surface area (Å²) in [5, 5.41) is 2.63. The Hall–Kier alpha value is -1.42. The summed E-state index contributed by atoms with van der Waals surface area (Å²) in [7, 11) is 1.44. The summed E-state index contributed by atoms with van der Waals surface area (Å²) in [4.78, 5) is 11.2. The molecule has 0 radical (unpaired) electrons. The van der Waals surface area contributed by atoms with Gasteiger partial charge in [0.1, 0.15) is 12.4 Å². The number of hydrogen-bond acceptors (Lipinski definition) is 2. The quantitative estimate of drug-likeness (QED) is 0.822. The molecule has 15 heavy (non-hydrogen) atoms. The van der Waals surface area contributed by atoms with Crippen LogP contribution in [-0.4, -0.2) is 19.6 Å². The number of rotatable bonds is 4. The third-order valence-corrected chi connectivity index (χ3v) is 2.02. The van der Waals surface area contributed by atoms with Gasteiger partial charge in [0.05, 0.1) is 6.04 Å². The van der Waals surface area contributed by atoms with E-state index in [1.54, 1.807) is 25.1 Å². The topological polar surface area (TPSA) is 38.3 Å². The summed E-state index contributed by atoms with van der Waals surface area (Å²) >= 11 is 0. The summed E-state index contributed by atoms with van der Waals surface area (Å²) in [6, 6.07) is 6.01. The first kappa shape index (κ1) is 11.7. The van der Waals surface area contributed by atoms with Crippen LogP contribution in [0.25, 0.3) is 0 Å². The summed E-state index contributed by atoms with van der Waals surface area (Å²) in [6.45, 7) is 1.71. The molecule has 82 valence electrons. The second-order valence-corrected chi connectivity index (χ2v) is 3.24. The molecule has 1 amide bonds. The number of benzene rings is 1. The molecule has 0 saturated carbocycles. The summed E-state index contributed by atoms with van der Waals surface area (Å²) < 4.78 is 18.0. The van der Waals surface area contributed by atoms with E-state index >= 15 is 0 Å². The third kappa shape index (κ3) is 3.32. The van der Waals surface area contributed by atoms with Gasteiger partial charge in [-0.25, -0.2) is 4.39 Å². The summed E-state index contributed by atoms with van der Waals surface area (Å²) in [6.07, 6.45) is 0. The predicted molar refractivity (Wildman–Crippen MR) is 54.8 cm³/mol. The lowest BCUT2D eigenvalue weighted by Gasteiger charge is -2.14. The fourth-order valence-electron chi connectivity index (χ4n) is 1.32. The molecule has 0 bridgehead atoms. The normalized spacial score (nSPS) is 12.2. The minimum atomic E-state index is -0.353. The Morgan fingerprint density at radius 3 is 2.80 bits per heavy atom. The van der Waals surface area contributed by atoms with Gasteiger partial charge in [-0.05, 0) is 13.0 Å². The van der Waals surface area contributed by atoms with Crippen molar-refractivity contribution in [2.24, 2.45) is 0 Å². The number of methoxy groups -OCH3 is 1. The van der Waals surface area contributed by atoms with E-state index in [1.165, 1.54) is 13.2 Å². The minimum absolute atomic E-state index is 0.0151. The highest BCUT2D eigenvalue weighted by atomic mass is 19.1. The van der Waals surface area contributed by atoms with Crippen LogP contribution in [0.1, 0.15) is 18.5 Å². The van der Waals surface area contributed by atoms with Crippen LogP contribution in [0.3, 0.4) is 0 Å². The molecule has 1 unspecified atom stereocenters. The maximum atomic E-state index is 13.3. The van der Waals surface area contributed by atoms with Gasteiger partial charge in [0.2, 0.25) is 5.91 Å². The molecule has 0 aliphatic heterocycles. The Morgan fingerprint density at radius 2 is 2.20 bits per heavy atom. The molecule has 0 aliphatic carbocycles. The van der Waals surface area contributed by atoms with E-state index < -0.39 is 0 Å². The zero-order valence-corrected chi connectivity index (χ0v) is 8.79. The first-order chi connectivity index (χ1) is 7.15. The van der Waals surface area contributed by atoms with Gasteiger partial charge in [-0.1, -0.05) is 18.2 Å². The number of hydrogen-bond donors (Lipinski definition) is 1. The number of carbonyl (C=O) groups excluding carboxylic acids is 1. The second kappa shape index (κ2) is 5.46. The Bertz CT molecular complexity index is 341. The van der Waals surface area contributed by atoms with Crippen molar-refractivity contribution in [1.82, 2.24) is 5.32 Å². The van der Waals surface area contributed by atoms with Gasteiger partial charge < -0.3 is 10.1 Å². The van der Waals surface area contributed by atoms with Crippen LogP contribution in [0.2, 0.25) is 0 Å². The standard InChI is InChI=1S/C11H14FNO2/c1-8(13-11(14)7-15-2)9-5-3-4-6-10(9)12/h3-6,8H,7H2,1-2H3,(H,13,14). The molecule has 0 saturated heterocycles. The lowest BCUT2D eigenvalue weighted by atomic mass is 10.1. The van der Waals surface area contributed by atoms with E-state index in [0.29, 0.717) is 5.56 Å². The van der Waals surface area contributed by atoms with Crippen LogP contribution < -0.4 is 5.32 Å². The number of halogens is 1. The van der Waals surface area contributed by atoms with Gasteiger partial charge in [-0.3, -0.25) is 4.79 Å². The molecule has 4 heteroatoms. The fraction of sp³-hybridized carbons (Fsp3) is 0.364.